The lowest BCUT2D eigenvalue weighted by Gasteiger charge is -2.32. The van der Waals surface area contributed by atoms with E-state index in [0.29, 0.717) is 13.0 Å². The minimum absolute atomic E-state index is 0.0569. The number of sulfone groups is 1. The van der Waals surface area contributed by atoms with Gasteiger partial charge in [-0.2, -0.15) is 0 Å². The molecule has 0 spiro atoms. The summed E-state index contributed by atoms with van der Waals surface area (Å²) in [4.78, 5) is 11.4. The molecular formula is C13H23NO5S. The van der Waals surface area contributed by atoms with Gasteiger partial charge in [0.1, 0.15) is 0 Å². The molecule has 2 atom stereocenters. The van der Waals surface area contributed by atoms with Crippen molar-refractivity contribution in [3.8, 4) is 0 Å². The summed E-state index contributed by atoms with van der Waals surface area (Å²) in [6.45, 7) is 0.826. The van der Waals surface area contributed by atoms with E-state index < -0.39 is 20.5 Å². The molecule has 2 aliphatic rings. The zero-order valence-electron chi connectivity index (χ0n) is 12.1. The van der Waals surface area contributed by atoms with E-state index in [1.807, 2.05) is 0 Å². The predicted molar refractivity (Wildman–Crippen MR) is 74.2 cm³/mol. The Hall–Kier alpha value is -0.660. The molecule has 7 heteroatoms. The second-order valence-electron chi connectivity index (χ2n) is 5.86. The second-order valence-corrected chi connectivity index (χ2v) is 8.08. The molecular weight excluding hydrogens is 282 g/mol. The third-order valence-electron chi connectivity index (χ3n) is 4.35. The first-order valence-electron chi connectivity index (χ1n) is 6.96. The van der Waals surface area contributed by atoms with Crippen molar-refractivity contribution >= 4 is 15.8 Å². The Morgan fingerprint density at radius 3 is 2.70 bits per heavy atom. The predicted octanol–water partition coefficient (Wildman–Crippen LogP) is 0.121. The maximum Gasteiger partial charge on any atom is 0.306 e. The molecule has 2 rings (SSSR count). The monoisotopic (exact) mass is 305 g/mol. The van der Waals surface area contributed by atoms with Crippen LogP contribution in [0.5, 0.6) is 0 Å². The third-order valence-corrected chi connectivity index (χ3v) is 6.75. The Bertz CT molecular complexity index is 457. The van der Waals surface area contributed by atoms with Crippen LogP contribution in [0.1, 0.15) is 25.7 Å². The van der Waals surface area contributed by atoms with Gasteiger partial charge in [-0.1, -0.05) is 0 Å². The zero-order valence-corrected chi connectivity index (χ0v) is 12.9. The van der Waals surface area contributed by atoms with Crippen LogP contribution in [-0.2, 0) is 24.1 Å². The summed E-state index contributed by atoms with van der Waals surface area (Å²) in [6.07, 6.45) is 2.45. The van der Waals surface area contributed by atoms with Gasteiger partial charge >= 0.3 is 5.97 Å². The number of ether oxygens (including phenoxy) is 2. The Balaban J connectivity index is 2.05. The van der Waals surface area contributed by atoms with Gasteiger partial charge in [0.15, 0.2) is 9.84 Å². The highest BCUT2D eigenvalue weighted by Gasteiger charge is 2.50. The lowest BCUT2D eigenvalue weighted by Crippen LogP contribution is -2.50. The van der Waals surface area contributed by atoms with Crippen LogP contribution in [0, 0.1) is 5.41 Å². The first-order valence-corrected chi connectivity index (χ1v) is 8.67. The normalized spacial score (nSPS) is 28.9. The van der Waals surface area contributed by atoms with E-state index in [0.717, 1.165) is 12.8 Å². The van der Waals surface area contributed by atoms with Crippen molar-refractivity contribution in [3.63, 3.8) is 0 Å². The van der Waals surface area contributed by atoms with E-state index in [2.05, 4.69) is 10.1 Å². The van der Waals surface area contributed by atoms with E-state index >= 15 is 0 Å². The minimum Gasteiger partial charge on any atom is -0.469 e. The van der Waals surface area contributed by atoms with E-state index in [1.54, 1.807) is 7.05 Å². The molecule has 0 radical (unpaired) electrons. The fraction of sp³-hybridized carbons (Fsp3) is 0.923. The standard InChI is InChI=1S/C13H23NO5S/c1-14-10-3-6-19-8-11(10)20(16,17)9-13(4-5-13)7-12(15)18-2/h10-11,14H,3-9H2,1-2H3. The number of esters is 1. The SMILES string of the molecule is CNC1CCOCC1S(=O)(=O)CC1(CC(=O)OC)CC1. The molecule has 0 aromatic rings. The summed E-state index contributed by atoms with van der Waals surface area (Å²) < 4.78 is 35.2. The summed E-state index contributed by atoms with van der Waals surface area (Å²) in [6, 6.07) is -0.0670. The molecule has 1 N–H and O–H groups in total. The summed E-state index contributed by atoms with van der Waals surface area (Å²) in [5.74, 6) is -0.274. The minimum atomic E-state index is -3.29. The Labute approximate surface area is 120 Å². The second kappa shape index (κ2) is 5.99. The molecule has 20 heavy (non-hydrogen) atoms. The molecule has 6 nitrogen and oxygen atoms in total. The van der Waals surface area contributed by atoms with Crippen molar-refractivity contribution in [2.24, 2.45) is 5.41 Å². The first kappa shape index (κ1) is 15.7. The number of methoxy groups -OCH3 is 1. The van der Waals surface area contributed by atoms with E-state index in [9.17, 15) is 13.2 Å². The maximum absolute atomic E-state index is 12.6. The topological polar surface area (TPSA) is 81.7 Å². The highest BCUT2D eigenvalue weighted by atomic mass is 32.2. The Morgan fingerprint density at radius 2 is 2.15 bits per heavy atom. The van der Waals surface area contributed by atoms with Crippen LogP contribution in [0.2, 0.25) is 0 Å². The quantitative estimate of drug-likeness (QED) is 0.702. The summed E-state index contributed by atoms with van der Waals surface area (Å²) >= 11 is 0. The highest BCUT2D eigenvalue weighted by Crippen LogP contribution is 2.50. The third kappa shape index (κ3) is 3.51. The number of hydrogen-bond acceptors (Lipinski definition) is 6. The van der Waals surface area contributed by atoms with Gasteiger partial charge < -0.3 is 14.8 Å². The van der Waals surface area contributed by atoms with E-state index in [1.165, 1.54) is 7.11 Å². The lowest BCUT2D eigenvalue weighted by atomic mass is 10.1. The van der Waals surface area contributed by atoms with Gasteiger partial charge in [-0.25, -0.2) is 8.42 Å². The Kier molecular flexibility index (Phi) is 4.71. The molecule has 2 fully saturated rings. The van der Waals surface area contributed by atoms with Crippen molar-refractivity contribution < 1.29 is 22.7 Å². The number of carbonyl (C=O) groups is 1. The number of hydrogen-bond donors (Lipinski definition) is 1. The van der Waals surface area contributed by atoms with Crippen LogP contribution in [0.3, 0.4) is 0 Å². The molecule has 1 heterocycles. The molecule has 116 valence electrons. The molecule has 1 aliphatic heterocycles. The van der Waals surface area contributed by atoms with Crippen molar-refractivity contribution in [2.75, 3.05) is 33.1 Å². The summed E-state index contributed by atoms with van der Waals surface area (Å²) in [5.41, 5.74) is -0.401. The van der Waals surface area contributed by atoms with Gasteiger partial charge in [-0.15, -0.1) is 0 Å². The molecule has 0 bridgehead atoms. The molecule has 2 unspecified atom stereocenters. The molecule has 1 aliphatic carbocycles. The number of carbonyl (C=O) groups excluding carboxylic acids is 1. The number of rotatable bonds is 6. The van der Waals surface area contributed by atoms with Crippen LogP contribution in [0.25, 0.3) is 0 Å². The van der Waals surface area contributed by atoms with Crippen LogP contribution >= 0.6 is 0 Å². The highest BCUT2D eigenvalue weighted by molar-refractivity contribution is 7.92. The smallest absolute Gasteiger partial charge is 0.306 e. The largest absolute Gasteiger partial charge is 0.469 e. The summed E-state index contributed by atoms with van der Waals surface area (Å²) in [7, 11) is -0.179. The van der Waals surface area contributed by atoms with Gasteiger partial charge in [0, 0.05) is 12.6 Å². The van der Waals surface area contributed by atoms with Crippen LogP contribution in [0.4, 0.5) is 0 Å². The van der Waals surface area contributed by atoms with E-state index in [4.69, 9.17) is 4.74 Å². The number of nitrogens with one attached hydrogen (secondary N) is 1. The molecule has 0 amide bonds. The average molecular weight is 305 g/mol. The van der Waals surface area contributed by atoms with Crippen LogP contribution in [-0.4, -0.2) is 58.8 Å². The van der Waals surface area contributed by atoms with Crippen molar-refractivity contribution in [2.45, 2.75) is 37.0 Å². The van der Waals surface area contributed by atoms with Crippen LogP contribution < -0.4 is 5.32 Å². The van der Waals surface area contributed by atoms with Crippen molar-refractivity contribution in [1.82, 2.24) is 5.32 Å². The van der Waals surface area contributed by atoms with Crippen molar-refractivity contribution in [1.29, 1.82) is 0 Å². The fourth-order valence-corrected chi connectivity index (χ4v) is 5.39. The van der Waals surface area contributed by atoms with Gasteiger partial charge in [0.25, 0.3) is 0 Å². The fourth-order valence-electron chi connectivity index (χ4n) is 2.86. The average Bonchev–Trinajstić information content (AvgIpc) is 3.16. The van der Waals surface area contributed by atoms with Gasteiger partial charge in [-0.3, -0.25) is 4.79 Å². The van der Waals surface area contributed by atoms with Gasteiger partial charge in [0.2, 0.25) is 0 Å². The molecule has 1 saturated carbocycles. The van der Waals surface area contributed by atoms with Gasteiger partial charge in [-0.05, 0) is 31.7 Å². The van der Waals surface area contributed by atoms with Gasteiger partial charge in [0.05, 0.1) is 31.1 Å². The molecule has 0 aromatic heterocycles. The first-order chi connectivity index (χ1) is 9.42. The van der Waals surface area contributed by atoms with Crippen LogP contribution in [0.15, 0.2) is 0 Å². The molecule has 1 saturated heterocycles. The molecule has 0 aromatic carbocycles. The summed E-state index contributed by atoms with van der Waals surface area (Å²) in [5, 5.41) is 2.55. The zero-order chi connectivity index (χ0) is 14.8. The van der Waals surface area contributed by atoms with Crippen molar-refractivity contribution in [3.05, 3.63) is 0 Å². The Morgan fingerprint density at radius 1 is 1.45 bits per heavy atom. The maximum atomic E-state index is 12.6. The lowest BCUT2D eigenvalue weighted by molar-refractivity contribution is -0.141. The van der Waals surface area contributed by atoms with E-state index in [-0.39, 0.29) is 30.8 Å².